The molecule has 0 radical (unpaired) electrons. The Morgan fingerprint density at radius 2 is 1.18 bits per heavy atom. The molecule has 18 heteroatoms. The Morgan fingerprint density at radius 3 is 1.54 bits per heavy atom. The summed E-state index contributed by atoms with van der Waals surface area (Å²) >= 11 is 0.227. The minimum atomic E-state index is -8.06. The number of nitrogens with zero attached hydrogens (tertiary/aromatic N) is 2. The van der Waals surface area contributed by atoms with Gasteiger partial charge in [0.1, 0.15) is 5.01 Å². The van der Waals surface area contributed by atoms with Crippen LogP contribution in [0.5, 0.6) is 0 Å². The molecule has 1 N–H and O–H groups in total. The largest absolute Gasteiger partial charge is 0.460 e. The molecule has 0 unspecified atom stereocenters. The van der Waals surface area contributed by atoms with Gasteiger partial charge in [-0.1, -0.05) is 11.3 Å². The molecular weight excluding hydrogens is 457 g/mol. The van der Waals surface area contributed by atoms with Gasteiger partial charge in [-0.05, 0) is 6.92 Å². The summed E-state index contributed by atoms with van der Waals surface area (Å²) in [6.07, 6.45) is -7.52. The van der Waals surface area contributed by atoms with E-state index >= 15 is 0 Å². The number of carbonyl (C=O) groups excluding carboxylic acids is 1. The fourth-order valence-corrected chi connectivity index (χ4v) is 2.02. The van der Waals surface area contributed by atoms with E-state index in [1.165, 1.54) is 0 Å². The van der Waals surface area contributed by atoms with Gasteiger partial charge in [-0.25, -0.2) is 0 Å². The van der Waals surface area contributed by atoms with Gasteiger partial charge in [0.15, 0.2) is 0 Å². The molecule has 0 saturated carbocycles. The van der Waals surface area contributed by atoms with Crippen molar-refractivity contribution in [1.29, 1.82) is 0 Å². The average molecular weight is 461 g/mol. The zero-order chi connectivity index (χ0) is 22.6. The second-order valence-electron chi connectivity index (χ2n) is 4.95. The van der Waals surface area contributed by atoms with Crippen molar-refractivity contribution in [3.05, 3.63) is 5.01 Å². The fraction of sp³-hybridized carbons (Fsp3) is 0.700. The molecule has 4 nitrogen and oxygen atoms in total. The Bertz CT molecular complexity index is 741. The normalized spacial score (nSPS) is 14.9. The first kappa shape index (κ1) is 24.2. The monoisotopic (exact) mass is 461 g/mol. The Labute approximate surface area is 148 Å². The van der Waals surface area contributed by atoms with E-state index in [-0.39, 0.29) is 16.3 Å². The number of nitrogens with one attached hydrogen (secondary N) is 1. The van der Waals surface area contributed by atoms with Gasteiger partial charge in [0.05, 0.1) is 0 Å². The smallest absolute Gasteiger partial charge is 0.295 e. The molecule has 1 aromatic heterocycles. The number of anilines is 1. The first-order valence-electron chi connectivity index (χ1n) is 6.22. The van der Waals surface area contributed by atoms with Crippen LogP contribution in [0.25, 0.3) is 0 Å². The van der Waals surface area contributed by atoms with Crippen LogP contribution in [0.1, 0.15) is 5.01 Å². The third-order valence-corrected chi connectivity index (χ3v) is 3.72. The van der Waals surface area contributed by atoms with Gasteiger partial charge in [0.25, 0.3) is 0 Å². The van der Waals surface area contributed by atoms with Crippen LogP contribution in [0, 0.1) is 6.92 Å². The number of aryl methyl sites for hydroxylation is 1. The quantitative estimate of drug-likeness (QED) is 0.634. The van der Waals surface area contributed by atoms with E-state index in [0.717, 1.165) is 12.2 Å². The molecule has 0 saturated heterocycles. The maximum atomic E-state index is 13.5. The topological polar surface area (TPSA) is 54.9 Å². The van der Waals surface area contributed by atoms with Gasteiger partial charge in [0.2, 0.25) is 5.13 Å². The zero-order valence-electron chi connectivity index (χ0n) is 12.6. The van der Waals surface area contributed by atoms with E-state index in [1.807, 2.05) is 0 Å². The third kappa shape index (κ3) is 3.34. The minimum Gasteiger partial charge on any atom is -0.295 e. The van der Waals surface area contributed by atoms with Gasteiger partial charge >= 0.3 is 41.7 Å². The van der Waals surface area contributed by atoms with E-state index in [4.69, 9.17) is 0 Å². The van der Waals surface area contributed by atoms with Crippen LogP contribution in [0.2, 0.25) is 0 Å². The molecule has 0 aromatic carbocycles. The molecule has 0 aliphatic carbocycles. The molecule has 1 amide bonds. The number of hydrogen-bond acceptors (Lipinski definition) is 4. The molecule has 0 aliphatic heterocycles. The van der Waals surface area contributed by atoms with Crippen molar-refractivity contribution in [2.24, 2.45) is 0 Å². The Kier molecular flexibility index (Phi) is 5.68. The molecule has 162 valence electrons. The Morgan fingerprint density at radius 1 is 0.750 bits per heavy atom. The number of alkyl halides is 13. The van der Waals surface area contributed by atoms with Crippen molar-refractivity contribution in [3.8, 4) is 0 Å². The first-order chi connectivity index (χ1) is 12.1. The molecule has 28 heavy (non-hydrogen) atoms. The van der Waals surface area contributed by atoms with Crippen molar-refractivity contribution in [3.63, 3.8) is 0 Å². The molecule has 0 spiro atoms. The molecule has 1 heterocycles. The van der Waals surface area contributed by atoms with E-state index in [0.29, 0.717) is 0 Å². The highest BCUT2D eigenvalue weighted by atomic mass is 32.1. The van der Waals surface area contributed by atoms with Gasteiger partial charge < -0.3 is 0 Å². The van der Waals surface area contributed by atoms with Gasteiger partial charge in [-0.2, -0.15) is 57.1 Å². The maximum absolute atomic E-state index is 13.5. The van der Waals surface area contributed by atoms with E-state index < -0.39 is 46.8 Å². The molecule has 0 fully saturated rings. The lowest BCUT2D eigenvalue weighted by Crippen LogP contribution is -2.71. The van der Waals surface area contributed by atoms with Gasteiger partial charge in [-0.3, -0.25) is 10.1 Å². The maximum Gasteiger partial charge on any atom is 0.460 e. The summed E-state index contributed by atoms with van der Waals surface area (Å²) in [5.74, 6) is -41.9. The van der Waals surface area contributed by atoms with Crippen molar-refractivity contribution < 1.29 is 61.9 Å². The number of rotatable bonds is 6. The van der Waals surface area contributed by atoms with Crippen LogP contribution < -0.4 is 5.32 Å². The first-order valence-corrected chi connectivity index (χ1v) is 7.03. The third-order valence-electron chi connectivity index (χ3n) is 2.97. The molecule has 1 aromatic rings. The number of halogens is 13. The van der Waals surface area contributed by atoms with Crippen LogP contribution in [-0.2, 0) is 4.79 Å². The predicted octanol–water partition coefficient (Wildman–Crippen LogP) is 4.52. The lowest BCUT2D eigenvalue weighted by molar-refractivity contribution is -0.435. The van der Waals surface area contributed by atoms with Gasteiger partial charge in [-0.15, -0.1) is 10.2 Å². The summed E-state index contributed by atoms with van der Waals surface area (Å²) < 4.78 is 167. The molecular formula is C10H4F13N3OS. The van der Waals surface area contributed by atoms with Crippen LogP contribution in [0.4, 0.5) is 62.2 Å². The molecule has 0 bridgehead atoms. The fourth-order valence-electron chi connectivity index (χ4n) is 1.43. The van der Waals surface area contributed by atoms with Gasteiger partial charge in [0, 0.05) is 0 Å². The van der Waals surface area contributed by atoms with Crippen LogP contribution >= 0.6 is 11.3 Å². The van der Waals surface area contributed by atoms with E-state index in [9.17, 15) is 61.9 Å². The molecule has 0 aliphatic rings. The lowest BCUT2D eigenvalue weighted by Gasteiger charge is -2.39. The number of carbonyl (C=O) groups is 1. The summed E-state index contributed by atoms with van der Waals surface area (Å²) in [7, 11) is 0. The molecule has 1 rings (SSSR count). The van der Waals surface area contributed by atoms with Crippen molar-refractivity contribution in [2.45, 2.75) is 42.7 Å². The Hall–Kier alpha value is -1.88. The summed E-state index contributed by atoms with van der Waals surface area (Å²) in [5, 5.41) is 5.69. The summed E-state index contributed by atoms with van der Waals surface area (Å²) in [6, 6.07) is 0. The van der Waals surface area contributed by atoms with Crippen molar-refractivity contribution in [1.82, 2.24) is 10.2 Å². The summed E-state index contributed by atoms with van der Waals surface area (Å²) in [4.78, 5) is 11.1. The highest BCUT2D eigenvalue weighted by molar-refractivity contribution is 7.15. The molecule has 0 atom stereocenters. The highest BCUT2D eigenvalue weighted by Gasteiger charge is 2.91. The summed E-state index contributed by atoms with van der Waals surface area (Å²) in [6.45, 7) is 1.15. The standard InChI is InChI=1S/C10H4F13N3OS/c1-2-25-26-4(28-2)24-3(27)5(11,12)6(13,14)7(15,16)8(17,18)9(19,20)10(21,22)23/h1H3,(H,24,26,27). The van der Waals surface area contributed by atoms with Crippen LogP contribution in [0.15, 0.2) is 0 Å². The van der Waals surface area contributed by atoms with Crippen molar-refractivity contribution >= 4 is 22.4 Å². The second-order valence-corrected chi connectivity index (χ2v) is 6.13. The van der Waals surface area contributed by atoms with Crippen LogP contribution in [-0.4, -0.2) is 51.9 Å². The predicted molar refractivity (Wildman–Crippen MR) is 64.1 cm³/mol. The minimum absolute atomic E-state index is 0.0768. The van der Waals surface area contributed by atoms with Crippen LogP contribution in [0.3, 0.4) is 0 Å². The summed E-state index contributed by atoms with van der Waals surface area (Å²) in [5.41, 5.74) is 0. The second kappa shape index (κ2) is 6.58. The van der Waals surface area contributed by atoms with E-state index in [1.54, 1.807) is 0 Å². The van der Waals surface area contributed by atoms with Crippen molar-refractivity contribution in [2.75, 3.05) is 5.32 Å². The lowest BCUT2D eigenvalue weighted by atomic mass is 9.93. The number of amides is 1. The zero-order valence-corrected chi connectivity index (χ0v) is 13.4. The van der Waals surface area contributed by atoms with E-state index in [2.05, 4.69) is 10.2 Å². The highest BCUT2D eigenvalue weighted by Crippen LogP contribution is 2.60. The average Bonchev–Trinajstić information content (AvgIpc) is 2.90. The SMILES string of the molecule is Cc1nnc(NC(=O)C(F)(F)C(F)(F)C(F)(F)C(F)(F)C(F)(F)C(F)(F)F)s1. The Balaban J connectivity index is 3.38. The number of hydrogen-bond donors (Lipinski definition) is 1. The number of aromatic nitrogens is 2.